The topological polar surface area (TPSA) is 93.1 Å². The summed E-state index contributed by atoms with van der Waals surface area (Å²) >= 11 is 1.56. The van der Waals surface area contributed by atoms with Crippen LogP contribution in [0.25, 0.3) is 0 Å². The lowest BCUT2D eigenvalue weighted by Gasteiger charge is -2.19. The van der Waals surface area contributed by atoms with Gasteiger partial charge in [-0.05, 0) is 48.3 Å². The lowest BCUT2D eigenvalue weighted by molar-refractivity contribution is -0.117. The van der Waals surface area contributed by atoms with Crippen molar-refractivity contribution in [2.24, 2.45) is 0 Å². The van der Waals surface area contributed by atoms with E-state index in [4.69, 9.17) is 0 Å². The van der Waals surface area contributed by atoms with E-state index >= 15 is 0 Å². The Morgan fingerprint density at radius 2 is 1.88 bits per heavy atom. The molecule has 0 aliphatic carbocycles. The molecule has 0 spiro atoms. The zero-order valence-corrected chi connectivity index (χ0v) is 20.7. The fourth-order valence-electron chi connectivity index (χ4n) is 3.46. The van der Waals surface area contributed by atoms with E-state index in [9.17, 15) is 13.2 Å². The highest BCUT2D eigenvalue weighted by Gasteiger charge is 2.25. The number of amides is 1. The van der Waals surface area contributed by atoms with Crippen LogP contribution < -0.4 is 10.0 Å². The molecule has 3 aromatic rings. The number of sulfonamides is 1. The summed E-state index contributed by atoms with van der Waals surface area (Å²) in [5.41, 5.74) is 1.63. The molecule has 1 amide bonds. The van der Waals surface area contributed by atoms with Gasteiger partial charge in [-0.25, -0.2) is 13.4 Å². The summed E-state index contributed by atoms with van der Waals surface area (Å²) in [5.74, 6) is 1.56. The van der Waals surface area contributed by atoms with E-state index in [1.54, 1.807) is 42.2 Å². The number of carbonyl (C=O) groups is 1. The van der Waals surface area contributed by atoms with E-state index < -0.39 is 16.1 Å². The maximum absolute atomic E-state index is 13.0. The van der Waals surface area contributed by atoms with Crippen molar-refractivity contribution >= 4 is 33.4 Å². The van der Waals surface area contributed by atoms with Gasteiger partial charge in [-0.3, -0.25) is 4.79 Å². The molecular weight excluding hydrogens is 456 g/mol. The molecule has 0 bridgehead atoms. The summed E-state index contributed by atoms with van der Waals surface area (Å²) in [7, 11) is -3.81. The van der Waals surface area contributed by atoms with E-state index in [0.29, 0.717) is 30.3 Å². The monoisotopic (exact) mass is 486 g/mol. The van der Waals surface area contributed by atoms with Gasteiger partial charge < -0.3 is 9.88 Å². The van der Waals surface area contributed by atoms with Crippen molar-refractivity contribution in [2.45, 2.75) is 43.7 Å². The fourth-order valence-corrected chi connectivity index (χ4v) is 5.19. The zero-order chi connectivity index (χ0) is 23.8. The quantitative estimate of drug-likeness (QED) is 0.426. The molecule has 0 aliphatic heterocycles. The molecule has 0 saturated carbocycles. The average molecular weight is 487 g/mol. The van der Waals surface area contributed by atoms with Crippen molar-refractivity contribution in [3.63, 3.8) is 0 Å². The highest BCUT2D eigenvalue weighted by molar-refractivity contribution is 7.98. The molecule has 0 fully saturated rings. The van der Waals surface area contributed by atoms with Crippen molar-refractivity contribution in [1.29, 1.82) is 0 Å². The van der Waals surface area contributed by atoms with E-state index in [2.05, 4.69) is 33.4 Å². The van der Waals surface area contributed by atoms with E-state index in [1.165, 1.54) is 12.1 Å². The second-order valence-electron chi connectivity index (χ2n) is 8.03. The van der Waals surface area contributed by atoms with Gasteiger partial charge >= 0.3 is 0 Å². The molecule has 1 atom stereocenters. The Hall–Kier alpha value is -2.62. The molecule has 1 aromatic heterocycles. The lowest BCUT2D eigenvalue weighted by Crippen LogP contribution is -2.44. The van der Waals surface area contributed by atoms with Crippen molar-refractivity contribution < 1.29 is 13.2 Å². The number of nitrogens with one attached hydrogen (secondary N) is 2. The van der Waals surface area contributed by atoms with Crippen LogP contribution in [0.5, 0.6) is 0 Å². The van der Waals surface area contributed by atoms with Crippen LogP contribution in [0.4, 0.5) is 5.69 Å². The molecule has 2 N–H and O–H groups in total. The summed E-state index contributed by atoms with van der Waals surface area (Å²) in [6.07, 6.45) is 6.03. The molecule has 33 heavy (non-hydrogen) atoms. The van der Waals surface area contributed by atoms with Crippen molar-refractivity contribution in [1.82, 2.24) is 14.3 Å². The number of rotatable bonds is 11. The molecule has 176 valence electrons. The van der Waals surface area contributed by atoms with Gasteiger partial charge in [0.25, 0.3) is 0 Å². The lowest BCUT2D eigenvalue weighted by atomic mass is 10.1. The van der Waals surface area contributed by atoms with Gasteiger partial charge in [0.1, 0.15) is 11.9 Å². The van der Waals surface area contributed by atoms with Crippen LogP contribution in [0.1, 0.15) is 37.6 Å². The third kappa shape index (κ3) is 6.93. The molecule has 0 radical (unpaired) electrons. The number of anilines is 1. The fraction of sp³-hybridized carbons (Fsp3) is 0.333. The minimum Gasteiger partial charge on any atom is -0.330 e. The van der Waals surface area contributed by atoms with Gasteiger partial charge in [0, 0.05) is 30.5 Å². The van der Waals surface area contributed by atoms with Crippen molar-refractivity contribution in [3.8, 4) is 0 Å². The third-order valence-corrected chi connectivity index (χ3v) is 7.22. The highest BCUT2D eigenvalue weighted by atomic mass is 32.2. The summed E-state index contributed by atoms with van der Waals surface area (Å²) in [5, 5.41) is 2.88. The maximum Gasteiger partial charge on any atom is 0.242 e. The van der Waals surface area contributed by atoms with Crippen LogP contribution in [0.2, 0.25) is 0 Å². The Morgan fingerprint density at radius 3 is 2.58 bits per heavy atom. The van der Waals surface area contributed by atoms with Gasteiger partial charge in [-0.2, -0.15) is 16.5 Å². The van der Waals surface area contributed by atoms with E-state index in [1.807, 2.05) is 30.7 Å². The van der Waals surface area contributed by atoms with Gasteiger partial charge in [-0.15, -0.1) is 0 Å². The average Bonchev–Trinajstić information content (AvgIpc) is 3.26. The number of benzene rings is 2. The SMILES string of the molecule is CSCCC(NS(=O)(=O)c1ccccc1)C(=O)Nc1cccc(Cn2ccnc2C(C)C)c1. The standard InChI is InChI=1S/C24H30N4O3S2/c1-18(2)23-25-13-14-28(23)17-19-8-7-9-20(16-19)26-24(29)22(12-15-32-3)27-33(30,31)21-10-5-4-6-11-21/h4-11,13-14,16,18,22,27H,12,15,17H2,1-3H3,(H,26,29). The van der Waals surface area contributed by atoms with E-state index in [-0.39, 0.29) is 10.8 Å². The minimum atomic E-state index is -3.81. The summed E-state index contributed by atoms with van der Waals surface area (Å²) in [6.45, 7) is 4.83. The van der Waals surface area contributed by atoms with Crippen LogP contribution in [-0.2, 0) is 21.4 Å². The summed E-state index contributed by atoms with van der Waals surface area (Å²) < 4.78 is 30.2. The Labute approximate surface area is 200 Å². The number of carbonyl (C=O) groups excluding carboxylic acids is 1. The number of thioether (sulfide) groups is 1. The smallest absolute Gasteiger partial charge is 0.242 e. The van der Waals surface area contributed by atoms with Crippen molar-refractivity contribution in [3.05, 3.63) is 78.4 Å². The molecule has 0 saturated heterocycles. The Bertz CT molecular complexity index is 1160. The normalized spacial score (nSPS) is 12.6. The first-order chi connectivity index (χ1) is 15.8. The van der Waals surface area contributed by atoms with Crippen LogP contribution >= 0.6 is 11.8 Å². The molecule has 7 nitrogen and oxygen atoms in total. The number of nitrogens with zero attached hydrogens (tertiary/aromatic N) is 2. The van der Waals surface area contributed by atoms with Gasteiger partial charge in [0.2, 0.25) is 15.9 Å². The summed E-state index contributed by atoms with van der Waals surface area (Å²) in [4.78, 5) is 17.6. The second kappa shape index (κ2) is 11.5. The molecule has 0 aliphatic rings. The van der Waals surface area contributed by atoms with Crippen molar-refractivity contribution in [2.75, 3.05) is 17.3 Å². The molecule has 3 rings (SSSR count). The van der Waals surface area contributed by atoms with Crippen LogP contribution in [0.15, 0.2) is 71.9 Å². The van der Waals surface area contributed by atoms with Gasteiger partial charge in [0.15, 0.2) is 0 Å². The largest absolute Gasteiger partial charge is 0.330 e. The molecule has 9 heteroatoms. The minimum absolute atomic E-state index is 0.134. The number of aromatic nitrogens is 2. The highest BCUT2D eigenvalue weighted by Crippen LogP contribution is 2.18. The third-order valence-electron chi connectivity index (χ3n) is 5.09. The van der Waals surface area contributed by atoms with Crippen LogP contribution in [0, 0.1) is 0 Å². The first kappa shape index (κ1) is 25.0. The van der Waals surface area contributed by atoms with Crippen LogP contribution in [0.3, 0.4) is 0 Å². The first-order valence-electron chi connectivity index (χ1n) is 10.8. The Morgan fingerprint density at radius 1 is 1.12 bits per heavy atom. The number of imidazole rings is 1. The van der Waals surface area contributed by atoms with Crippen LogP contribution in [-0.4, -0.2) is 41.9 Å². The van der Waals surface area contributed by atoms with E-state index in [0.717, 1.165) is 11.4 Å². The zero-order valence-electron chi connectivity index (χ0n) is 19.1. The Kier molecular flexibility index (Phi) is 8.71. The molecule has 1 unspecified atom stereocenters. The number of hydrogen-bond acceptors (Lipinski definition) is 5. The molecule has 2 aromatic carbocycles. The molecule has 1 heterocycles. The summed E-state index contributed by atoms with van der Waals surface area (Å²) in [6, 6.07) is 14.8. The first-order valence-corrected chi connectivity index (χ1v) is 13.6. The second-order valence-corrected chi connectivity index (χ2v) is 10.7. The van der Waals surface area contributed by atoms with Gasteiger partial charge in [0.05, 0.1) is 4.90 Å². The predicted octanol–water partition coefficient (Wildman–Crippen LogP) is 4.09. The molecular formula is C24H30N4O3S2. The number of hydrogen-bond donors (Lipinski definition) is 2. The van der Waals surface area contributed by atoms with Gasteiger partial charge in [-0.1, -0.05) is 44.2 Å². The maximum atomic E-state index is 13.0. The Balaban J connectivity index is 1.74. The predicted molar refractivity (Wildman–Crippen MR) is 134 cm³/mol.